The fourth-order valence-electron chi connectivity index (χ4n) is 2.59. The van der Waals surface area contributed by atoms with Crippen LogP contribution in [0.15, 0.2) is 18.2 Å². The number of rotatable bonds is 4. The van der Waals surface area contributed by atoms with E-state index >= 15 is 0 Å². The maximum absolute atomic E-state index is 11.0. The number of aromatic nitrogens is 3. The minimum atomic E-state index is -0.917. The summed E-state index contributed by atoms with van der Waals surface area (Å²) in [6.07, 6.45) is 2.43. The Kier molecular flexibility index (Phi) is 2.59. The molecule has 1 aromatic carbocycles. The lowest BCUT2D eigenvalue weighted by Crippen LogP contribution is -2.18. The fraction of sp³-hybridized carbons (Fsp3) is 0.500. The maximum atomic E-state index is 11.0. The molecule has 1 aliphatic rings. The first kappa shape index (κ1) is 12.1. The van der Waals surface area contributed by atoms with Crippen LogP contribution in [-0.4, -0.2) is 26.1 Å². The van der Waals surface area contributed by atoms with Crippen LogP contribution in [-0.2, 0) is 6.54 Å². The summed E-state index contributed by atoms with van der Waals surface area (Å²) < 4.78 is 1.86. The zero-order valence-electron chi connectivity index (χ0n) is 11.1. The summed E-state index contributed by atoms with van der Waals surface area (Å²) in [7, 11) is 0. The largest absolute Gasteiger partial charge is 0.478 e. The molecule has 1 fully saturated rings. The van der Waals surface area contributed by atoms with Crippen molar-refractivity contribution in [3.63, 3.8) is 0 Å². The average Bonchev–Trinajstić information content (AvgIpc) is 3.05. The maximum Gasteiger partial charge on any atom is 0.335 e. The van der Waals surface area contributed by atoms with E-state index in [9.17, 15) is 4.79 Å². The molecule has 0 saturated heterocycles. The van der Waals surface area contributed by atoms with Crippen molar-refractivity contribution in [3.05, 3.63) is 23.8 Å². The van der Waals surface area contributed by atoms with Gasteiger partial charge in [-0.1, -0.05) is 19.1 Å². The third-order valence-corrected chi connectivity index (χ3v) is 4.34. The van der Waals surface area contributed by atoms with Crippen molar-refractivity contribution >= 4 is 17.0 Å². The van der Waals surface area contributed by atoms with Crippen LogP contribution in [0.2, 0.25) is 0 Å². The quantitative estimate of drug-likeness (QED) is 0.916. The average molecular weight is 259 g/mol. The third-order valence-electron chi connectivity index (χ3n) is 4.34. The van der Waals surface area contributed by atoms with Crippen molar-refractivity contribution in [1.29, 1.82) is 0 Å². The monoisotopic (exact) mass is 259 g/mol. The Bertz CT molecular complexity index is 641. The van der Waals surface area contributed by atoms with E-state index in [-0.39, 0.29) is 5.56 Å². The van der Waals surface area contributed by atoms with Gasteiger partial charge >= 0.3 is 5.97 Å². The standard InChI is InChI=1S/C14H17N3O2/c1-9(2)14(5-6-14)8-17-12-7-10(13(18)19)3-4-11(12)15-16-17/h3-4,7,9H,5-6,8H2,1-2H3,(H,18,19). The summed E-state index contributed by atoms with van der Waals surface area (Å²) in [6, 6.07) is 4.95. The van der Waals surface area contributed by atoms with Gasteiger partial charge in [0, 0.05) is 6.54 Å². The number of aromatic carboxylic acids is 1. The Morgan fingerprint density at radius 2 is 2.21 bits per heavy atom. The number of carboxylic acids is 1. The summed E-state index contributed by atoms with van der Waals surface area (Å²) in [4.78, 5) is 11.0. The molecule has 19 heavy (non-hydrogen) atoms. The van der Waals surface area contributed by atoms with Gasteiger partial charge in [0.1, 0.15) is 5.52 Å². The Balaban J connectivity index is 2.00. The van der Waals surface area contributed by atoms with Crippen LogP contribution in [0.4, 0.5) is 0 Å². The van der Waals surface area contributed by atoms with Gasteiger partial charge in [0.05, 0.1) is 11.1 Å². The van der Waals surface area contributed by atoms with Gasteiger partial charge in [-0.2, -0.15) is 0 Å². The predicted molar refractivity (Wildman–Crippen MR) is 71.0 cm³/mol. The highest BCUT2D eigenvalue weighted by Crippen LogP contribution is 2.53. The molecule has 0 atom stereocenters. The second-order valence-corrected chi connectivity index (χ2v) is 5.77. The van der Waals surface area contributed by atoms with E-state index in [0.717, 1.165) is 17.6 Å². The molecule has 0 unspecified atom stereocenters. The molecule has 0 bridgehead atoms. The molecule has 100 valence electrons. The van der Waals surface area contributed by atoms with Crippen molar-refractivity contribution < 1.29 is 9.90 Å². The number of carboxylic acid groups (broad SMARTS) is 1. The Morgan fingerprint density at radius 1 is 1.47 bits per heavy atom. The molecule has 0 amide bonds. The Hall–Kier alpha value is -1.91. The van der Waals surface area contributed by atoms with E-state index in [2.05, 4.69) is 24.2 Å². The summed E-state index contributed by atoms with van der Waals surface area (Å²) in [5.74, 6) is -0.311. The van der Waals surface area contributed by atoms with Crippen LogP contribution in [0, 0.1) is 11.3 Å². The molecular formula is C14H17N3O2. The van der Waals surface area contributed by atoms with Gasteiger partial charge in [0.2, 0.25) is 0 Å². The zero-order valence-corrected chi connectivity index (χ0v) is 11.1. The summed E-state index contributed by atoms with van der Waals surface area (Å²) in [5.41, 5.74) is 2.17. The highest BCUT2D eigenvalue weighted by atomic mass is 16.4. The number of hydrogen-bond donors (Lipinski definition) is 1. The zero-order chi connectivity index (χ0) is 13.6. The van der Waals surface area contributed by atoms with Crippen molar-refractivity contribution in [2.75, 3.05) is 0 Å². The third kappa shape index (κ3) is 1.99. The molecule has 1 saturated carbocycles. The van der Waals surface area contributed by atoms with Crippen molar-refractivity contribution in [2.24, 2.45) is 11.3 Å². The second-order valence-electron chi connectivity index (χ2n) is 5.77. The van der Waals surface area contributed by atoms with Crippen LogP contribution in [0.25, 0.3) is 11.0 Å². The smallest absolute Gasteiger partial charge is 0.335 e. The normalized spacial score (nSPS) is 17.0. The van der Waals surface area contributed by atoms with E-state index in [1.807, 2.05) is 4.68 Å². The number of fused-ring (bicyclic) bond motifs is 1. The lowest BCUT2D eigenvalue weighted by molar-refractivity contribution is 0.0697. The SMILES string of the molecule is CC(C)C1(Cn2nnc3ccc(C(=O)O)cc32)CC1. The van der Waals surface area contributed by atoms with Crippen LogP contribution < -0.4 is 0 Å². The number of nitrogens with zero attached hydrogens (tertiary/aromatic N) is 3. The summed E-state index contributed by atoms with van der Waals surface area (Å²) >= 11 is 0. The van der Waals surface area contributed by atoms with Gasteiger partial charge < -0.3 is 5.11 Å². The molecule has 2 aromatic rings. The molecule has 1 aromatic heterocycles. The Labute approximate surface area is 111 Å². The minimum absolute atomic E-state index is 0.283. The number of carbonyl (C=O) groups is 1. The van der Waals surface area contributed by atoms with Gasteiger partial charge in [0.25, 0.3) is 0 Å². The molecule has 0 aliphatic heterocycles. The fourth-order valence-corrected chi connectivity index (χ4v) is 2.59. The molecule has 1 N–H and O–H groups in total. The lowest BCUT2D eigenvalue weighted by atomic mass is 9.92. The number of benzene rings is 1. The summed E-state index contributed by atoms with van der Waals surface area (Å²) in [5, 5.41) is 17.3. The van der Waals surface area contributed by atoms with Crippen molar-refractivity contribution in [2.45, 2.75) is 33.2 Å². The van der Waals surface area contributed by atoms with Crippen molar-refractivity contribution in [1.82, 2.24) is 15.0 Å². The predicted octanol–water partition coefficient (Wildman–Crippen LogP) is 2.57. The van der Waals surface area contributed by atoms with Crippen LogP contribution in [0.3, 0.4) is 0 Å². The molecule has 3 rings (SSSR count). The van der Waals surface area contributed by atoms with Gasteiger partial charge in [-0.15, -0.1) is 5.10 Å². The first-order chi connectivity index (χ1) is 9.02. The minimum Gasteiger partial charge on any atom is -0.478 e. The second kappa shape index (κ2) is 4.05. The molecule has 0 radical (unpaired) electrons. The van der Waals surface area contributed by atoms with E-state index in [1.165, 1.54) is 12.8 Å². The van der Waals surface area contributed by atoms with Crippen molar-refractivity contribution in [3.8, 4) is 0 Å². The highest BCUT2D eigenvalue weighted by molar-refractivity contribution is 5.92. The molecular weight excluding hydrogens is 242 g/mol. The number of hydrogen-bond acceptors (Lipinski definition) is 3. The summed E-state index contributed by atoms with van der Waals surface area (Å²) in [6.45, 7) is 5.29. The topological polar surface area (TPSA) is 68.0 Å². The van der Waals surface area contributed by atoms with E-state index < -0.39 is 5.97 Å². The van der Waals surface area contributed by atoms with Gasteiger partial charge in [0.15, 0.2) is 0 Å². The van der Waals surface area contributed by atoms with Crippen LogP contribution >= 0.6 is 0 Å². The van der Waals surface area contributed by atoms with E-state index in [4.69, 9.17) is 5.11 Å². The molecule has 1 heterocycles. The lowest BCUT2D eigenvalue weighted by Gasteiger charge is -2.19. The van der Waals surface area contributed by atoms with Gasteiger partial charge in [-0.05, 0) is 42.4 Å². The Morgan fingerprint density at radius 3 is 2.79 bits per heavy atom. The van der Waals surface area contributed by atoms with E-state index in [1.54, 1.807) is 18.2 Å². The first-order valence-corrected chi connectivity index (χ1v) is 6.58. The van der Waals surface area contributed by atoms with Gasteiger partial charge in [-0.25, -0.2) is 9.48 Å². The molecule has 5 nitrogen and oxygen atoms in total. The molecule has 5 heteroatoms. The van der Waals surface area contributed by atoms with E-state index in [0.29, 0.717) is 11.3 Å². The van der Waals surface area contributed by atoms with Gasteiger partial charge in [-0.3, -0.25) is 0 Å². The first-order valence-electron chi connectivity index (χ1n) is 6.58. The van der Waals surface area contributed by atoms with Crippen LogP contribution in [0.1, 0.15) is 37.0 Å². The molecule has 0 spiro atoms. The highest BCUT2D eigenvalue weighted by Gasteiger charge is 2.46. The van der Waals surface area contributed by atoms with Crippen LogP contribution in [0.5, 0.6) is 0 Å². The molecule has 1 aliphatic carbocycles.